The molecule has 0 amide bonds. The Labute approximate surface area is 97.1 Å². The highest BCUT2D eigenvalue weighted by atomic mass is 19.1. The number of nitrogens with one attached hydrogen (secondary N) is 2. The smallest absolute Gasteiger partial charge is 0.175 e. The van der Waals surface area contributed by atoms with Crippen molar-refractivity contribution in [3.63, 3.8) is 0 Å². The van der Waals surface area contributed by atoms with Crippen LogP contribution in [-0.4, -0.2) is 24.4 Å². The lowest BCUT2D eigenvalue weighted by atomic mass is 10.3. The van der Waals surface area contributed by atoms with Gasteiger partial charge in [-0.2, -0.15) is 10.2 Å². The molecule has 6 nitrogen and oxygen atoms in total. The highest BCUT2D eigenvalue weighted by molar-refractivity contribution is 6.69. The molecule has 2 rings (SSSR count). The molecule has 88 valence electrons. The second-order valence-corrected chi connectivity index (χ2v) is 3.26. The lowest BCUT2D eigenvalue weighted by Crippen LogP contribution is -2.28. The third-order valence-electron chi connectivity index (χ3n) is 2.09. The molecule has 7 heteroatoms. The Hall–Kier alpha value is -2.44. The predicted molar refractivity (Wildman–Crippen MR) is 65.6 cm³/mol. The molecule has 1 aromatic rings. The first-order chi connectivity index (χ1) is 8.20. The minimum absolute atomic E-state index is 0.231. The summed E-state index contributed by atoms with van der Waals surface area (Å²) in [6.45, 7) is 0. The van der Waals surface area contributed by atoms with Crippen molar-refractivity contribution in [3.8, 4) is 0 Å². The summed E-state index contributed by atoms with van der Waals surface area (Å²) in [7, 11) is 1.59. The molecule has 1 aromatic carbocycles. The minimum atomic E-state index is -0.342. The van der Waals surface area contributed by atoms with E-state index in [4.69, 9.17) is 5.73 Å². The zero-order valence-electron chi connectivity index (χ0n) is 9.11. The van der Waals surface area contributed by atoms with Crippen LogP contribution in [0.5, 0.6) is 0 Å². The molecule has 0 saturated heterocycles. The number of halogens is 1. The van der Waals surface area contributed by atoms with Crippen LogP contribution in [-0.2, 0) is 0 Å². The predicted octanol–water partition coefficient (Wildman–Crippen LogP) is 0.497. The highest BCUT2D eigenvalue weighted by Crippen LogP contribution is 2.09. The Morgan fingerprint density at radius 3 is 3.00 bits per heavy atom. The van der Waals surface area contributed by atoms with E-state index >= 15 is 0 Å². The molecule has 1 aliphatic rings. The van der Waals surface area contributed by atoms with Gasteiger partial charge in [-0.05, 0) is 18.2 Å². The van der Waals surface area contributed by atoms with E-state index in [1.54, 1.807) is 19.2 Å². The van der Waals surface area contributed by atoms with E-state index in [9.17, 15) is 4.39 Å². The van der Waals surface area contributed by atoms with Gasteiger partial charge in [0.2, 0.25) is 0 Å². The molecular formula is C10H11FN6. The van der Waals surface area contributed by atoms with Gasteiger partial charge in [0.25, 0.3) is 0 Å². The normalized spacial score (nSPS) is 19.3. The van der Waals surface area contributed by atoms with Crippen molar-refractivity contribution >= 4 is 23.1 Å². The zero-order valence-corrected chi connectivity index (χ0v) is 9.11. The van der Waals surface area contributed by atoms with E-state index < -0.39 is 0 Å². The van der Waals surface area contributed by atoms with Gasteiger partial charge in [-0.3, -0.25) is 15.8 Å². The van der Waals surface area contributed by atoms with E-state index in [1.807, 2.05) is 0 Å². The van der Waals surface area contributed by atoms with E-state index in [2.05, 4.69) is 26.0 Å². The van der Waals surface area contributed by atoms with Crippen LogP contribution in [0.3, 0.4) is 0 Å². The summed E-state index contributed by atoms with van der Waals surface area (Å²) in [5.41, 5.74) is 11.8. The van der Waals surface area contributed by atoms with Gasteiger partial charge in [0.05, 0.1) is 5.69 Å². The van der Waals surface area contributed by atoms with Crippen LogP contribution >= 0.6 is 0 Å². The number of amidine groups is 2. The number of rotatable bonds is 2. The van der Waals surface area contributed by atoms with E-state index in [0.29, 0.717) is 17.2 Å². The van der Waals surface area contributed by atoms with Crippen LogP contribution in [0.4, 0.5) is 10.1 Å². The third-order valence-corrected chi connectivity index (χ3v) is 2.09. The Bertz CT molecular complexity index is 519. The average molecular weight is 234 g/mol. The summed E-state index contributed by atoms with van der Waals surface area (Å²) in [5.74, 6) is 0.353. The fraction of sp³-hybridized carbons (Fsp3) is 0.100. The second-order valence-electron chi connectivity index (χ2n) is 3.26. The molecule has 0 aliphatic carbocycles. The molecule has 0 bridgehead atoms. The van der Waals surface area contributed by atoms with Crippen molar-refractivity contribution in [1.82, 2.24) is 5.43 Å². The Balaban J connectivity index is 2.18. The molecule has 0 spiro atoms. The van der Waals surface area contributed by atoms with E-state index in [-0.39, 0.29) is 11.7 Å². The van der Waals surface area contributed by atoms with Gasteiger partial charge in [0.1, 0.15) is 5.82 Å². The van der Waals surface area contributed by atoms with Crippen molar-refractivity contribution in [2.45, 2.75) is 0 Å². The SMILES string of the molecule is C/N=C1/NN=C(N)/C1=N/Nc1cccc(F)c1. The van der Waals surface area contributed by atoms with Crippen LogP contribution in [0, 0.1) is 5.82 Å². The molecule has 0 aromatic heterocycles. The summed E-state index contributed by atoms with van der Waals surface area (Å²) < 4.78 is 12.9. The van der Waals surface area contributed by atoms with Crippen molar-refractivity contribution < 1.29 is 4.39 Å². The quantitative estimate of drug-likeness (QED) is 0.651. The molecule has 0 radical (unpaired) electrons. The largest absolute Gasteiger partial charge is 0.380 e. The number of anilines is 1. The van der Waals surface area contributed by atoms with Gasteiger partial charge >= 0.3 is 0 Å². The monoisotopic (exact) mass is 234 g/mol. The molecule has 0 fully saturated rings. The maximum Gasteiger partial charge on any atom is 0.175 e. The highest BCUT2D eigenvalue weighted by Gasteiger charge is 2.19. The van der Waals surface area contributed by atoms with Gasteiger partial charge in [-0.1, -0.05) is 6.07 Å². The summed E-state index contributed by atoms with van der Waals surface area (Å²) in [4.78, 5) is 3.92. The number of hydrogen-bond acceptors (Lipinski definition) is 5. The van der Waals surface area contributed by atoms with Gasteiger partial charge < -0.3 is 5.73 Å². The lowest BCUT2D eigenvalue weighted by molar-refractivity contribution is 0.628. The minimum Gasteiger partial charge on any atom is -0.380 e. The average Bonchev–Trinajstić information content (AvgIpc) is 2.67. The van der Waals surface area contributed by atoms with E-state index in [1.165, 1.54) is 12.1 Å². The molecule has 4 N–H and O–H groups in total. The molecule has 0 saturated carbocycles. The number of benzene rings is 1. The van der Waals surface area contributed by atoms with Crippen LogP contribution in [0.25, 0.3) is 0 Å². The van der Waals surface area contributed by atoms with Gasteiger partial charge in [0.15, 0.2) is 17.4 Å². The number of aliphatic imine (C=N–C) groups is 1. The first-order valence-electron chi connectivity index (χ1n) is 4.86. The second kappa shape index (κ2) is 4.60. The van der Waals surface area contributed by atoms with Crippen LogP contribution in [0.1, 0.15) is 0 Å². The van der Waals surface area contributed by atoms with Crippen LogP contribution in [0.2, 0.25) is 0 Å². The molecular weight excluding hydrogens is 223 g/mol. The summed E-state index contributed by atoms with van der Waals surface area (Å²) >= 11 is 0. The standard InChI is InChI=1S/C10H11FN6/c1-13-10-8(9(12)16-17-10)15-14-7-4-2-3-6(11)5-7/h2-5,14H,1H3,(H3,12,13,15,16,17). The molecule has 0 unspecified atom stereocenters. The van der Waals surface area contributed by atoms with Crippen LogP contribution in [0.15, 0.2) is 39.5 Å². The molecule has 1 heterocycles. The lowest BCUT2D eigenvalue weighted by Gasteiger charge is -2.02. The fourth-order valence-electron chi connectivity index (χ4n) is 1.28. The zero-order chi connectivity index (χ0) is 12.3. The van der Waals surface area contributed by atoms with Crippen molar-refractivity contribution in [2.24, 2.45) is 20.9 Å². The summed E-state index contributed by atoms with van der Waals surface area (Å²) in [5, 5.41) is 7.79. The Kier molecular flexibility index (Phi) is 2.99. The molecule has 17 heavy (non-hydrogen) atoms. The number of nitrogens with zero attached hydrogens (tertiary/aromatic N) is 3. The molecule has 1 aliphatic heterocycles. The Morgan fingerprint density at radius 2 is 2.29 bits per heavy atom. The van der Waals surface area contributed by atoms with Gasteiger partial charge in [-0.25, -0.2) is 4.39 Å². The van der Waals surface area contributed by atoms with Crippen LogP contribution < -0.4 is 16.6 Å². The molecule has 0 atom stereocenters. The van der Waals surface area contributed by atoms with Crippen molar-refractivity contribution in [3.05, 3.63) is 30.1 Å². The third kappa shape index (κ3) is 2.39. The van der Waals surface area contributed by atoms with Gasteiger partial charge in [0, 0.05) is 7.05 Å². The van der Waals surface area contributed by atoms with Crippen molar-refractivity contribution in [2.75, 3.05) is 12.5 Å². The van der Waals surface area contributed by atoms with E-state index in [0.717, 1.165) is 0 Å². The fourth-order valence-corrected chi connectivity index (χ4v) is 1.28. The topological polar surface area (TPSA) is 87.2 Å². The number of nitrogens with two attached hydrogens (primary N) is 1. The summed E-state index contributed by atoms with van der Waals surface area (Å²) in [6.07, 6.45) is 0. The summed E-state index contributed by atoms with van der Waals surface area (Å²) in [6, 6.07) is 5.94. The first-order valence-corrected chi connectivity index (χ1v) is 4.86. The van der Waals surface area contributed by atoms with Crippen molar-refractivity contribution in [1.29, 1.82) is 0 Å². The first kappa shape index (κ1) is 11.1. The number of hydrazone groups is 2. The number of hydrogen-bond donors (Lipinski definition) is 3. The maximum atomic E-state index is 12.9. The van der Waals surface area contributed by atoms with Gasteiger partial charge in [-0.15, -0.1) is 0 Å². The Morgan fingerprint density at radius 1 is 1.47 bits per heavy atom. The maximum absolute atomic E-state index is 12.9.